The monoisotopic (exact) mass is 310 g/mol. The molecule has 1 aromatic rings. The summed E-state index contributed by atoms with van der Waals surface area (Å²) in [7, 11) is -2.61. The van der Waals surface area contributed by atoms with E-state index in [9.17, 15) is 23.6 Å². The topological polar surface area (TPSA) is 139 Å². The van der Waals surface area contributed by atoms with Crippen LogP contribution in [-0.2, 0) is 10.0 Å². The number of hydrazine groups is 1. The molecule has 1 aromatic heterocycles. The summed E-state index contributed by atoms with van der Waals surface area (Å²) < 4.78 is 24.9. The molecule has 0 amide bonds. The number of aliphatic hydroxyl groups excluding tert-OH is 1. The van der Waals surface area contributed by atoms with Gasteiger partial charge in [-0.1, -0.05) is 11.3 Å². The molecule has 108 valence electrons. The van der Waals surface area contributed by atoms with Gasteiger partial charge in [-0.25, -0.2) is 14.3 Å². The highest BCUT2D eigenvalue weighted by Crippen LogP contribution is 2.37. The summed E-state index contributed by atoms with van der Waals surface area (Å²) in [6.45, 7) is 1.33. The van der Waals surface area contributed by atoms with Gasteiger partial charge in [0.2, 0.25) is 0 Å². The fourth-order valence-electron chi connectivity index (χ4n) is 1.35. The largest absolute Gasteiger partial charge is 0.392 e. The summed E-state index contributed by atoms with van der Waals surface area (Å²) in [5.41, 5.74) is 1.69. The first-order valence-corrected chi connectivity index (χ1v) is 7.35. The van der Waals surface area contributed by atoms with Crippen molar-refractivity contribution in [3.05, 3.63) is 16.2 Å². The minimum atomic E-state index is -3.89. The molecule has 0 aromatic carbocycles. The number of likely N-dealkylation sites (N-methyl/N-ethyl adjacent to an activating group) is 1. The molecular formula is C8H14N4O5S2. The van der Waals surface area contributed by atoms with Crippen molar-refractivity contribution in [2.75, 3.05) is 19.0 Å². The third kappa shape index (κ3) is 3.39. The number of nitrogen functional groups attached to an aromatic ring is 1. The number of aliphatic hydroxyl groups is 1. The summed E-state index contributed by atoms with van der Waals surface area (Å²) in [6, 6.07) is 0.938. The number of nitro groups is 1. The Balaban J connectivity index is 3.19. The quantitative estimate of drug-likeness (QED) is 0.380. The lowest BCUT2D eigenvalue weighted by Gasteiger charge is -2.17. The van der Waals surface area contributed by atoms with E-state index in [1.165, 1.54) is 14.0 Å². The van der Waals surface area contributed by atoms with Crippen molar-refractivity contribution in [2.45, 2.75) is 17.2 Å². The minimum absolute atomic E-state index is 0.0472. The Hall–Kier alpha value is -1.27. The van der Waals surface area contributed by atoms with Gasteiger partial charge in [0.25, 0.3) is 10.0 Å². The maximum absolute atomic E-state index is 12.1. The summed E-state index contributed by atoms with van der Waals surface area (Å²) >= 11 is 0.661. The van der Waals surface area contributed by atoms with Gasteiger partial charge in [-0.05, 0) is 6.92 Å². The lowest BCUT2D eigenvalue weighted by atomic mass is 10.4. The SMILES string of the molecule is CC(O)CN(C)S(=O)(=O)c1cc([N+](=O)[O-])c(NN)s1. The molecule has 0 aliphatic heterocycles. The maximum atomic E-state index is 12.1. The van der Waals surface area contributed by atoms with E-state index in [4.69, 9.17) is 5.84 Å². The second-order valence-corrected chi connectivity index (χ2v) is 7.14. The van der Waals surface area contributed by atoms with Crippen LogP contribution in [0, 0.1) is 10.1 Å². The van der Waals surface area contributed by atoms with Crippen molar-refractivity contribution in [1.82, 2.24) is 4.31 Å². The number of nitrogens with two attached hydrogens (primary N) is 1. The Morgan fingerprint density at radius 1 is 1.68 bits per heavy atom. The van der Waals surface area contributed by atoms with Crippen LogP contribution in [0.3, 0.4) is 0 Å². The van der Waals surface area contributed by atoms with Crippen molar-refractivity contribution in [2.24, 2.45) is 5.84 Å². The van der Waals surface area contributed by atoms with Crippen LogP contribution in [0.1, 0.15) is 6.92 Å². The number of nitrogens with zero attached hydrogens (tertiary/aromatic N) is 2. The lowest BCUT2D eigenvalue weighted by Crippen LogP contribution is -2.32. The Bertz CT molecular complexity index is 568. The lowest BCUT2D eigenvalue weighted by molar-refractivity contribution is -0.383. The average molecular weight is 310 g/mol. The van der Waals surface area contributed by atoms with Gasteiger partial charge in [-0.15, -0.1) is 0 Å². The second kappa shape index (κ2) is 5.79. The number of sulfonamides is 1. The molecule has 0 saturated carbocycles. The molecule has 11 heteroatoms. The fourth-order valence-corrected chi connectivity index (χ4v) is 4.05. The number of thiophene rings is 1. The maximum Gasteiger partial charge on any atom is 0.306 e. The van der Waals surface area contributed by atoms with E-state index in [-0.39, 0.29) is 15.8 Å². The molecule has 1 atom stereocenters. The van der Waals surface area contributed by atoms with Crippen LogP contribution >= 0.6 is 11.3 Å². The zero-order chi connectivity index (χ0) is 14.8. The average Bonchev–Trinajstić information content (AvgIpc) is 2.72. The van der Waals surface area contributed by atoms with Crippen LogP contribution in [-0.4, -0.2) is 42.4 Å². The molecule has 0 fully saturated rings. The second-order valence-electron chi connectivity index (χ2n) is 3.82. The van der Waals surface area contributed by atoms with Crippen LogP contribution in [0.15, 0.2) is 10.3 Å². The molecule has 9 nitrogen and oxygen atoms in total. The van der Waals surface area contributed by atoms with Crippen molar-refractivity contribution in [1.29, 1.82) is 0 Å². The van der Waals surface area contributed by atoms with Crippen molar-refractivity contribution in [3.63, 3.8) is 0 Å². The highest BCUT2D eigenvalue weighted by molar-refractivity contribution is 7.91. The predicted molar refractivity (Wildman–Crippen MR) is 70.3 cm³/mol. The number of nitrogens with one attached hydrogen (secondary N) is 1. The molecule has 0 saturated heterocycles. The molecule has 0 bridgehead atoms. The standard InChI is InChI=1S/C8H14N4O5S2/c1-5(13)4-11(2)19(16,17)7-3-6(12(14)15)8(10-9)18-7/h3,5,10,13H,4,9H2,1-2H3. The minimum Gasteiger partial charge on any atom is -0.392 e. The zero-order valence-corrected chi connectivity index (χ0v) is 11.9. The van der Waals surface area contributed by atoms with Gasteiger partial charge >= 0.3 is 5.69 Å². The van der Waals surface area contributed by atoms with Gasteiger partial charge in [0, 0.05) is 19.7 Å². The highest BCUT2D eigenvalue weighted by atomic mass is 32.2. The molecule has 1 rings (SSSR count). The Morgan fingerprint density at radius 2 is 2.26 bits per heavy atom. The van der Waals surface area contributed by atoms with Crippen molar-refractivity contribution >= 4 is 32.0 Å². The molecule has 0 radical (unpaired) electrons. The van der Waals surface area contributed by atoms with E-state index in [0.717, 1.165) is 10.4 Å². The van der Waals surface area contributed by atoms with Crippen LogP contribution in [0.25, 0.3) is 0 Å². The van der Waals surface area contributed by atoms with Gasteiger partial charge in [0.15, 0.2) is 5.00 Å². The van der Waals surface area contributed by atoms with Crippen LogP contribution in [0.4, 0.5) is 10.7 Å². The first kappa shape index (κ1) is 15.8. The first-order valence-electron chi connectivity index (χ1n) is 5.09. The molecule has 0 spiro atoms. The Kier molecular flexibility index (Phi) is 4.81. The molecule has 1 unspecified atom stereocenters. The van der Waals surface area contributed by atoms with Crippen molar-refractivity contribution in [3.8, 4) is 0 Å². The smallest absolute Gasteiger partial charge is 0.306 e. The Morgan fingerprint density at radius 3 is 2.63 bits per heavy atom. The van der Waals surface area contributed by atoms with Crippen LogP contribution < -0.4 is 11.3 Å². The third-order valence-electron chi connectivity index (χ3n) is 2.20. The van der Waals surface area contributed by atoms with Crippen molar-refractivity contribution < 1.29 is 18.4 Å². The summed E-state index contributed by atoms with van der Waals surface area (Å²) in [5, 5.41) is 19.9. The fraction of sp³-hybridized carbons (Fsp3) is 0.500. The number of hydrogen-bond donors (Lipinski definition) is 3. The van der Waals surface area contributed by atoms with Gasteiger partial charge in [-0.3, -0.25) is 10.1 Å². The summed E-state index contributed by atoms with van der Waals surface area (Å²) in [4.78, 5) is 10.0. The van der Waals surface area contributed by atoms with E-state index in [1.54, 1.807) is 0 Å². The molecule has 19 heavy (non-hydrogen) atoms. The summed E-state index contributed by atoms with van der Waals surface area (Å²) in [5.74, 6) is 5.11. The molecule has 0 aliphatic rings. The van der Waals surface area contributed by atoms with Gasteiger partial charge in [0.1, 0.15) is 4.21 Å². The van der Waals surface area contributed by atoms with E-state index in [2.05, 4.69) is 5.43 Å². The number of rotatable bonds is 6. The van der Waals surface area contributed by atoms with E-state index in [1.807, 2.05) is 0 Å². The number of hydrogen-bond acceptors (Lipinski definition) is 8. The van der Waals surface area contributed by atoms with Gasteiger partial charge < -0.3 is 10.5 Å². The van der Waals surface area contributed by atoms with Crippen LogP contribution in [0.2, 0.25) is 0 Å². The summed E-state index contributed by atoms with van der Waals surface area (Å²) in [6.07, 6.45) is -0.846. The van der Waals surface area contributed by atoms with Gasteiger partial charge in [0.05, 0.1) is 11.0 Å². The highest BCUT2D eigenvalue weighted by Gasteiger charge is 2.29. The van der Waals surface area contributed by atoms with E-state index >= 15 is 0 Å². The van der Waals surface area contributed by atoms with E-state index in [0.29, 0.717) is 11.3 Å². The zero-order valence-electron chi connectivity index (χ0n) is 10.2. The number of anilines is 1. The molecule has 0 aliphatic carbocycles. The molecule has 1 heterocycles. The third-order valence-corrected chi connectivity index (χ3v) is 5.53. The molecular weight excluding hydrogens is 296 g/mol. The normalized spacial score (nSPS) is 13.5. The Labute approximate surface area is 113 Å². The van der Waals surface area contributed by atoms with E-state index < -0.39 is 26.7 Å². The van der Waals surface area contributed by atoms with Crippen LogP contribution in [0.5, 0.6) is 0 Å². The molecule has 4 N–H and O–H groups in total. The predicted octanol–water partition coefficient (Wildman–Crippen LogP) is -0.0568. The van der Waals surface area contributed by atoms with Gasteiger partial charge in [-0.2, -0.15) is 4.31 Å². The first-order chi connectivity index (χ1) is 8.70.